The summed E-state index contributed by atoms with van der Waals surface area (Å²) in [6, 6.07) is 0.325. The second kappa shape index (κ2) is 5.41. The van der Waals surface area contributed by atoms with Crippen molar-refractivity contribution < 1.29 is 4.74 Å². The Kier molecular flexibility index (Phi) is 3.90. The first-order chi connectivity index (χ1) is 7.81. The quantitative estimate of drug-likeness (QED) is 0.825. The van der Waals surface area contributed by atoms with Crippen LogP contribution < -0.4 is 5.73 Å². The molecule has 5 heteroatoms. The van der Waals surface area contributed by atoms with Gasteiger partial charge in [-0.15, -0.1) is 10.2 Å². The zero-order valence-corrected chi connectivity index (χ0v) is 9.80. The average molecular weight is 224 g/mol. The summed E-state index contributed by atoms with van der Waals surface area (Å²) in [5.41, 5.74) is 6.00. The van der Waals surface area contributed by atoms with E-state index in [9.17, 15) is 0 Å². The summed E-state index contributed by atoms with van der Waals surface area (Å²) >= 11 is 0. The number of aromatic nitrogens is 3. The highest BCUT2D eigenvalue weighted by Crippen LogP contribution is 2.30. The van der Waals surface area contributed by atoms with E-state index in [1.54, 1.807) is 13.4 Å². The van der Waals surface area contributed by atoms with Crippen LogP contribution in [0.3, 0.4) is 0 Å². The van der Waals surface area contributed by atoms with Gasteiger partial charge in [0.1, 0.15) is 12.2 Å². The Morgan fingerprint density at radius 2 is 2.44 bits per heavy atom. The highest BCUT2D eigenvalue weighted by atomic mass is 16.5. The van der Waals surface area contributed by atoms with Crippen molar-refractivity contribution in [3.8, 4) is 0 Å². The lowest BCUT2D eigenvalue weighted by Gasteiger charge is -2.26. The van der Waals surface area contributed by atoms with E-state index in [4.69, 9.17) is 10.5 Å². The van der Waals surface area contributed by atoms with Gasteiger partial charge in [-0.2, -0.15) is 0 Å². The van der Waals surface area contributed by atoms with Crippen molar-refractivity contribution in [1.29, 1.82) is 0 Å². The van der Waals surface area contributed by atoms with Crippen molar-refractivity contribution in [2.75, 3.05) is 13.7 Å². The highest BCUT2D eigenvalue weighted by molar-refractivity contribution is 4.99. The molecular formula is C11H20N4O. The summed E-state index contributed by atoms with van der Waals surface area (Å²) in [7, 11) is 1.71. The average Bonchev–Trinajstić information content (AvgIpc) is 2.74. The summed E-state index contributed by atoms with van der Waals surface area (Å²) in [6.07, 6.45) is 6.34. The molecule has 0 spiro atoms. The van der Waals surface area contributed by atoms with E-state index in [0.717, 1.165) is 25.2 Å². The molecule has 0 saturated heterocycles. The van der Waals surface area contributed by atoms with Crippen molar-refractivity contribution in [2.45, 2.75) is 44.2 Å². The molecule has 0 amide bonds. The molecule has 5 nitrogen and oxygen atoms in total. The number of rotatable bonds is 4. The molecule has 0 aromatic carbocycles. The fraction of sp³-hybridized carbons (Fsp3) is 0.818. The number of hydrogen-bond acceptors (Lipinski definition) is 4. The van der Waals surface area contributed by atoms with E-state index in [2.05, 4.69) is 14.8 Å². The van der Waals surface area contributed by atoms with Crippen LogP contribution in [0.15, 0.2) is 6.33 Å². The first-order valence-corrected chi connectivity index (χ1v) is 5.93. The Labute approximate surface area is 96.0 Å². The molecule has 1 fully saturated rings. The van der Waals surface area contributed by atoms with Crippen LogP contribution in [0.5, 0.6) is 0 Å². The maximum absolute atomic E-state index is 6.00. The van der Waals surface area contributed by atoms with E-state index in [0.29, 0.717) is 18.6 Å². The normalized spacial score (nSPS) is 25.9. The van der Waals surface area contributed by atoms with Crippen LogP contribution in [-0.2, 0) is 11.3 Å². The summed E-state index contributed by atoms with van der Waals surface area (Å²) in [6.45, 7) is 1.52. The van der Waals surface area contributed by atoms with Crippen molar-refractivity contribution in [3.05, 3.63) is 12.2 Å². The van der Waals surface area contributed by atoms with Crippen LogP contribution in [0.2, 0.25) is 0 Å². The number of ether oxygens (including phenoxy) is 1. The third-order valence-corrected chi connectivity index (χ3v) is 3.26. The van der Waals surface area contributed by atoms with Crippen LogP contribution in [0, 0.1) is 0 Å². The standard InChI is InChI=1S/C11H20N4O/c1-16-6-5-15-8-13-14-11(15)9-3-2-4-10(12)7-9/h8-10H,2-7,12H2,1H3. The predicted molar refractivity (Wildman–Crippen MR) is 61.1 cm³/mol. The minimum atomic E-state index is 0.325. The van der Waals surface area contributed by atoms with Crippen LogP contribution in [0.25, 0.3) is 0 Å². The highest BCUT2D eigenvalue weighted by Gasteiger charge is 2.24. The Balaban J connectivity index is 2.04. The maximum atomic E-state index is 6.00. The van der Waals surface area contributed by atoms with E-state index >= 15 is 0 Å². The molecule has 1 aliphatic carbocycles. The van der Waals surface area contributed by atoms with Gasteiger partial charge in [0.05, 0.1) is 6.61 Å². The van der Waals surface area contributed by atoms with Gasteiger partial charge >= 0.3 is 0 Å². The monoisotopic (exact) mass is 224 g/mol. The number of hydrogen-bond donors (Lipinski definition) is 1. The molecule has 2 rings (SSSR count). The van der Waals surface area contributed by atoms with E-state index in [1.165, 1.54) is 12.8 Å². The van der Waals surface area contributed by atoms with Crippen molar-refractivity contribution in [2.24, 2.45) is 5.73 Å². The lowest BCUT2D eigenvalue weighted by atomic mass is 9.85. The largest absolute Gasteiger partial charge is 0.383 e. The molecule has 1 aromatic heterocycles. The molecule has 16 heavy (non-hydrogen) atoms. The maximum Gasteiger partial charge on any atom is 0.136 e. The van der Waals surface area contributed by atoms with Gasteiger partial charge in [0.25, 0.3) is 0 Å². The first kappa shape index (κ1) is 11.5. The van der Waals surface area contributed by atoms with E-state index < -0.39 is 0 Å². The molecule has 0 aliphatic heterocycles. The minimum absolute atomic E-state index is 0.325. The number of methoxy groups -OCH3 is 1. The van der Waals surface area contributed by atoms with Crippen LogP contribution in [-0.4, -0.2) is 34.5 Å². The molecule has 2 unspecified atom stereocenters. The Bertz CT molecular complexity index is 326. The number of nitrogens with zero attached hydrogens (tertiary/aromatic N) is 3. The SMILES string of the molecule is COCCn1cnnc1C1CCCC(N)C1. The fourth-order valence-corrected chi connectivity index (χ4v) is 2.40. The molecule has 90 valence electrons. The summed E-state index contributed by atoms with van der Waals surface area (Å²) < 4.78 is 7.17. The molecule has 1 heterocycles. The van der Waals surface area contributed by atoms with E-state index in [1.807, 2.05) is 0 Å². The molecule has 1 aromatic rings. The van der Waals surface area contributed by atoms with Gasteiger partial charge in [-0.1, -0.05) is 6.42 Å². The molecule has 1 aliphatic rings. The van der Waals surface area contributed by atoms with Gasteiger partial charge in [0.2, 0.25) is 0 Å². The van der Waals surface area contributed by atoms with Crippen molar-refractivity contribution >= 4 is 0 Å². The third kappa shape index (κ3) is 2.59. The van der Waals surface area contributed by atoms with Gasteiger partial charge in [-0.05, 0) is 19.3 Å². The van der Waals surface area contributed by atoms with Gasteiger partial charge in [0, 0.05) is 25.6 Å². The second-order valence-electron chi connectivity index (χ2n) is 4.50. The summed E-state index contributed by atoms with van der Waals surface area (Å²) in [5, 5.41) is 8.22. The Morgan fingerprint density at radius 3 is 3.19 bits per heavy atom. The first-order valence-electron chi connectivity index (χ1n) is 5.93. The minimum Gasteiger partial charge on any atom is -0.383 e. The van der Waals surface area contributed by atoms with Gasteiger partial charge in [-0.3, -0.25) is 0 Å². The molecule has 2 N–H and O–H groups in total. The second-order valence-corrected chi connectivity index (χ2v) is 4.50. The molecule has 2 atom stereocenters. The molecule has 1 saturated carbocycles. The zero-order valence-electron chi connectivity index (χ0n) is 9.80. The van der Waals surface area contributed by atoms with Crippen molar-refractivity contribution in [3.63, 3.8) is 0 Å². The van der Waals surface area contributed by atoms with Crippen molar-refractivity contribution in [1.82, 2.24) is 14.8 Å². The zero-order chi connectivity index (χ0) is 11.4. The Hall–Kier alpha value is -0.940. The summed E-state index contributed by atoms with van der Waals surface area (Å²) in [5.74, 6) is 1.55. The van der Waals surface area contributed by atoms with Gasteiger partial charge in [-0.25, -0.2) is 0 Å². The van der Waals surface area contributed by atoms with Gasteiger partial charge in [0.15, 0.2) is 0 Å². The van der Waals surface area contributed by atoms with Crippen LogP contribution in [0.1, 0.15) is 37.4 Å². The predicted octanol–water partition coefficient (Wildman–Crippen LogP) is 0.909. The van der Waals surface area contributed by atoms with Crippen LogP contribution >= 0.6 is 0 Å². The topological polar surface area (TPSA) is 66.0 Å². The van der Waals surface area contributed by atoms with Gasteiger partial charge < -0.3 is 15.0 Å². The van der Waals surface area contributed by atoms with Crippen LogP contribution in [0.4, 0.5) is 0 Å². The molecular weight excluding hydrogens is 204 g/mol. The van der Waals surface area contributed by atoms with E-state index in [-0.39, 0.29) is 0 Å². The lowest BCUT2D eigenvalue weighted by molar-refractivity contribution is 0.185. The Morgan fingerprint density at radius 1 is 1.56 bits per heavy atom. The smallest absolute Gasteiger partial charge is 0.136 e. The third-order valence-electron chi connectivity index (χ3n) is 3.26. The number of nitrogens with two attached hydrogens (primary N) is 1. The fourth-order valence-electron chi connectivity index (χ4n) is 2.40. The lowest BCUT2D eigenvalue weighted by Crippen LogP contribution is -2.28. The molecule has 0 bridgehead atoms. The summed E-state index contributed by atoms with van der Waals surface area (Å²) in [4.78, 5) is 0. The molecule has 0 radical (unpaired) electrons.